The lowest BCUT2D eigenvalue weighted by Crippen LogP contribution is -1.53. The van der Waals surface area contributed by atoms with Crippen LogP contribution < -0.4 is 0 Å². The van der Waals surface area contributed by atoms with E-state index >= 15 is 0 Å². The van der Waals surface area contributed by atoms with E-state index in [0.717, 1.165) is 0 Å². The Balaban J connectivity index is 3.05. The number of hydrogen-bond acceptors (Lipinski definition) is 2. The summed E-state index contributed by atoms with van der Waals surface area (Å²) in [6.07, 6.45) is 2.07. The topological polar surface area (TPSA) is 25.8 Å². The number of nitrogens with zero attached hydrogens (tertiary/aromatic N) is 2. The Bertz CT molecular complexity index is 112. The van der Waals surface area contributed by atoms with Crippen molar-refractivity contribution in [2.75, 3.05) is 0 Å². The van der Waals surface area contributed by atoms with Crippen molar-refractivity contribution in [3.63, 3.8) is 0 Å². The summed E-state index contributed by atoms with van der Waals surface area (Å²) in [7, 11) is 0.244. The van der Waals surface area contributed by atoms with E-state index in [0.29, 0.717) is 0 Å². The first kappa shape index (κ1) is 3.74. The number of rotatable bonds is 0. The van der Waals surface area contributed by atoms with Gasteiger partial charge in [-0.05, 0) is 0 Å². The predicted molar refractivity (Wildman–Crippen MR) is 25.5 cm³/mol. The normalized spacial score (nSPS) is 8.83. The van der Waals surface area contributed by atoms with Gasteiger partial charge in [0.15, 0.2) is 0 Å². The third-order valence-electron chi connectivity index (χ3n) is 0.493. The zero-order valence-corrected chi connectivity index (χ0v) is 4.27. The lowest BCUT2D eigenvalue weighted by molar-refractivity contribution is 1.09. The summed E-state index contributed by atoms with van der Waals surface area (Å²) in [6, 6.07) is 0. The van der Waals surface area contributed by atoms with Crippen molar-refractivity contribution in [3.8, 4) is 0 Å². The molecule has 0 unspecified atom stereocenters. The molecule has 0 aromatic carbocycles. The van der Waals surface area contributed by atoms with Gasteiger partial charge in [-0.25, -0.2) is 0 Å². The molecule has 0 amide bonds. The van der Waals surface area contributed by atoms with Crippen molar-refractivity contribution < 1.29 is 0 Å². The highest BCUT2D eigenvalue weighted by atomic mass is 32.2. The molecule has 0 saturated heterocycles. The first-order valence-corrected chi connectivity index (χ1v) is 3.36. The van der Waals surface area contributed by atoms with Crippen molar-refractivity contribution in [3.05, 3.63) is 11.0 Å². The predicted octanol–water partition coefficient (Wildman–Crippen LogP) is 0.763. The molecule has 2 nitrogen and oxygen atoms in total. The molecule has 0 bridgehead atoms. The van der Waals surface area contributed by atoms with Gasteiger partial charge in [-0.15, -0.1) is 0 Å². The number of aryl methyl sites for hydroxylation is 1. The monoisotopic (exact) mass is 101 g/mol. The minimum atomic E-state index is 0.244. The standard InChI is InChI=1S/C3H5N2S/c1-6-2-4-5-3-6/h2-3H,1H3/q+1. The molecule has 1 aromatic rings. The molecule has 0 N–H and O–H groups in total. The Hall–Kier alpha value is -0.440. The van der Waals surface area contributed by atoms with Crippen LogP contribution >= 0.6 is 10.5 Å². The first-order valence-electron chi connectivity index (χ1n) is 1.60. The average Bonchev–Trinajstić information content (AvgIpc) is 1.86. The van der Waals surface area contributed by atoms with Crippen LogP contribution in [0.4, 0.5) is 0 Å². The van der Waals surface area contributed by atoms with E-state index in [-0.39, 0.29) is 10.5 Å². The SMILES string of the molecule is C[s+]1cnnc1. The second-order valence-electron chi connectivity index (χ2n) is 1.05. The zero-order valence-electron chi connectivity index (χ0n) is 3.46. The quantitative estimate of drug-likeness (QED) is 0.451. The zero-order chi connectivity index (χ0) is 4.41. The summed E-state index contributed by atoms with van der Waals surface area (Å²) in [4.78, 5) is 0. The second kappa shape index (κ2) is 1.34. The summed E-state index contributed by atoms with van der Waals surface area (Å²) < 4.78 is 0. The van der Waals surface area contributed by atoms with Crippen molar-refractivity contribution in [2.24, 2.45) is 6.26 Å². The van der Waals surface area contributed by atoms with Gasteiger partial charge in [0.25, 0.3) is 0 Å². The molecule has 6 heavy (non-hydrogen) atoms. The second-order valence-corrected chi connectivity index (χ2v) is 2.69. The number of hydrogen-bond donors (Lipinski definition) is 0. The summed E-state index contributed by atoms with van der Waals surface area (Å²) >= 11 is 0. The summed E-state index contributed by atoms with van der Waals surface area (Å²) in [5.41, 5.74) is 3.67. The van der Waals surface area contributed by atoms with Crippen LogP contribution in [0, 0.1) is 0 Å². The van der Waals surface area contributed by atoms with Crippen LogP contribution in [0.1, 0.15) is 0 Å². The highest BCUT2D eigenvalue weighted by Gasteiger charge is 1.87. The van der Waals surface area contributed by atoms with Gasteiger partial charge < -0.3 is 0 Å². The minimum Gasteiger partial charge on any atom is -0.0983 e. The third-order valence-corrected chi connectivity index (χ3v) is 1.35. The van der Waals surface area contributed by atoms with Gasteiger partial charge in [0.2, 0.25) is 11.0 Å². The largest absolute Gasteiger partial charge is 0.249 e. The molecule has 0 fully saturated rings. The fourth-order valence-electron chi connectivity index (χ4n) is 0.230. The molecule has 0 atom stereocenters. The maximum Gasteiger partial charge on any atom is 0.249 e. The van der Waals surface area contributed by atoms with Crippen molar-refractivity contribution >= 4 is 10.5 Å². The molecular weight excluding hydrogens is 96.1 g/mol. The Kier molecular flexibility index (Phi) is 0.837. The van der Waals surface area contributed by atoms with Gasteiger partial charge >= 0.3 is 0 Å². The van der Waals surface area contributed by atoms with Crippen LogP contribution in [0.5, 0.6) is 0 Å². The molecule has 1 heterocycles. The molecule has 0 aliphatic heterocycles. The maximum atomic E-state index is 3.62. The van der Waals surface area contributed by atoms with Gasteiger partial charge in [0.1, 0.15) is 6.26 Å². The van der Waals surface area contributed by atoms with E-state index in [1.807, 2.05) is 11.0 Å². The third kappa shape index (κ3) is 0.542. The minimum absolute atomic E-state index is 0.244. The molecule has 0 spiro atoms. The Morgan fingerprint density at radius 1 is 1.33 bits per heavy atom. The molecular formula is C3H5N2S+. The fourth-order valence-corrected chi connectivity index (χ4v) is 0.691. The van der Waals surface area contributed by atoms with Gasteiger partial charge in [0, 0.05) is 10.5 Å². The van der Waals surface area contributed by atoms with Crippen LogP contribution in [-0.2, 0) is 6.26 Å². The van der Waals surface area contributed by atoms with Crippen LogP contribution in [0.3, 0.4) is 0 Å². The molecule has 0 saturated carbocycles. The van der Waals surface area contributed by atoms with Gasteiger partial charge in [0.05, 0.1) is 0 Å². The summed E-state index contributed by atoms with van der Waals surface area (Å²) in [5, 5.41) is 7.24. The summed E-state index contributed by atoms with van der Waals surface area (Å²) in [6.45, 7) is 0. The van der Waals surface area contributed by atoms with E-state index in [4.69, 9.17) is 0 Å². The summed E-state index contributed by atoms with van der Waals surface area (Å²) in [5.74, 6) is 0. The highest BCUT2D eigenvalue weighted by molar-refractivity contribution is 7.25. The molecule has 32 valence electrons. The van der Waals surface area contributed by atoms with E-state index in [2.05, 4.69) is 16.5 Å². The van der Waals surface area contributed by atoms with Crippen molar-refractivity contribution in [1.82, 2.24) is 10.2 Å². The molecule has 1 aromatic heterocycles. The van der Waals surface area contributed by atoms with E-state index in [1.165, 1.54) is 0 Å². The Morgan fingerprint density at radius 2 is 1.83 bits per heavy atom. The van der Waals surface area contributed by atoms with Gasteiger partial charge in [-0.2, -0.15) is 0 Å². The highest BCUT2D eigenvalue weighted by Crippen LogP contribution is 2.02. The Labute approximate surface area is 38.8 Å². The molecule has 1 rings (SSSR count). The molecule has 0 aliphatic rings. The number of aromatic nitrogens is 2. The smallest absolute Gasteiger partial charge is 0.0983 e. The lowest BCUT2D eigenvalue weighted by Gasteiger charge is -1.51. The Morgan fingerprint density at radius 3 is 2.00 bits per heavy atom. The van der Waals surface area contributed by atoms with Crippen molar-refractivity contribution in [1.29, 1.82) is 0 Å². The van der Waals surface area contributed by atoms with Crippen LogP contribution in [0.25, 0.3) is 0 Å². The van der Waals surface area contributed by atoms with Crippen LogP contribution in [0.2, 0.25) is 0 Å². The van der Waals surface area contributed by atoms with E-state index < -0.39 is 0 Å². The first-order chi connectivity index (χ1) is 2.89. The maximum absolute atomic E-state index is 3.62. The van der Waals surface area contributed by atoms with E-state index in [9.17, 15) is 0 Å². The average molecular weight is 101 g/mol. The van der Waals surface area contributed by atoms with E-state index in [1.54, 1.807) is 0 Å². The van der Waals surface area contributed by atoms with Crippen LogP contribution in [-0.4, -0.2) is 10.2 Å². The lowest BCUT2D eigenvalue weighted by atomic mass is 11.6. The van der Waals surface area contributed by atoms with Gasteiger partial charge in [-0.1, -0.05) is 10.2 Å². The molecule has 3 heteroatoms. The van der Waals surface area contributed by atoms with Gasteiger partial charge in [-0.3, -0.25) is 0 Å². The fraction of sp³-hybridized carbons (Fsp3) is 0.333. The van der Waals surface area contributed by atoms with Crippen molar-refractivity contribution in [2.45, 2.75) is 0 Å². The molecule has 0 radical (unpaired) electrons. The van der Waals surface area contributed by atoms with Crippen LogP contribution in [0.15, 0.2) is 11.0 Å². The molecule has 0 aliphatic carbocycles.